The van der Waals surface area contributed by atoms with Gasteiger partial charge >= 0.3 is 5.69 Å². The van der Waals surface area contributed by atoms with Crippen molar-refractivity contribution in [1.82, 2.24) is 13.8 Å². The van der Waals surface area contributed by atoms with Crippen LogP contribution in [0.5, 0.6) is 5.75 Å². The molecular weight excluding hydrogens is 448 g/mol. The summed E-state index contributed by atoms with van der Waals surface area (Å²) in [5, 5.41) is 11.3. The minimum absolute atomic E-state index is 0.000823. The maximum atomic E-state index is 13.0. The number of nitro groups is 1. The molecule has 0 aliphatic carbocycles. The molecule has 11 heteroatoms. The summed E-state index contributed by atoms with van der Waals surface area (Å²) in [6, 6.07) is 5.78. The summed E-state index contributed by atoms with van der Waals surface area (Å²) in [7, 11) is -2.62. The van der Waals surface area contributed by atoms with E-state index in [1.807, 2.05) is 24.8 Å². The molecule has 2 aromatic rings. The highest BCUT2D eigenvalue weighted by Gasteiger charge is 2.31. The van der Waals surface area contributed by atoms with Crippen LogP contribution < -0.4 is 4.74 Å². The lowest BCUT2D eigenvalue weighted by molar-refractivity contribution is -0.386. The zero-order chi connectivity index (χ0) is 24.5. The van der Waals surface area contributed by atoms with Crippen molar-refractivity contribution in [3.63, 3.8) is 0 Å². The number of ether oxygens (including phenoxy) is 1. The van der Waals surface area contributed by atoms with E-state index >= 15 is 0 Å². The molecule has 0 N–H and O–H groups in total. The van der Waals surface area contributed by atoms with Crippen LogP contribution in [0.4, 0.5) is 5.69 Å². The van der Waals surface area contributed by atoms with Gasteiger partial charge in [0.05, 0.1) is 23.5 Å². The molecule has 0 radical (unpaired) electrons. The summed E-state index contributed by atoms with van der Waals surface area (Å²) in [5.41, 5.74) is 2.27. The van der Waals surface area contributed by atoms with Gasteiger partial charge in [0.1, 0.15) is 0 Å². The van der Waals surface area contributed by atoms with Gasteiger partial charge in [-0.25, -0.2) is 8.42 Å². The van der Waals surface area contributed by atoms with Crippen molar-refractivity contribution in [2.24, 2.45) is 0 Å². The van der Waals surface area contributed by atoms with E-state index in [-0.39, 0.29) is 42.1 Å². The Morgan fingerprint density at radius 3 is 2.30 bits per heavy atom. The van der Waals surface area contributed by atoms with Gasteiger partial charge in [-0.2, -0.15) is 4.31 Å². The van der Waals surface area contributed by atoms with Crippen LogP contribution in [0, 0.1) is 24.0 Å². The lowest BCUT2D eigenvalue weighted by Gasteiger charge is -2.33. The van der Waals surface area contributed by atoms with E-state index in [0.29, 0.717) is 18.7 Å². The van der Waals surface area contributed by atoms with Gasteiger partial charge in [0, 0.05) is 55.2 Å². The first-order chi connectivity index (χ1) is 15.5. The van der Waals surface area contributed by atoms with Crippen molar-refractivity contribution in [3.05, 3.63) is 51.3 Å². The fourth-order valence-electron chi connectivity index (χ4n) is 4.39. The molecule has 33 heavy (non-hydrogen) atoms. The van der Waals surface area contributed by atoms with Gasteiger partial charge in [0.15, 0.2) is 11.5 Å². The van der Waals surface area contributed by atoms with E-state index in [0.717, 1.165) is 17.5 Å². The average molecular weight is 479 g/mol. The second-order valence-electron chi connectivity index (χ2n) is 8.44. The standard InChI is InChI=1S/C22H30N4O6S/c1-15(2)25-16(3)12-19(17(25)4)21(27)14-23-8-10-24(11-9-23)33(30,31)18-6-7-22(32-5)20(13-18)26(28)29/h6-7,12-13,15H,8-11,14H2,1-5H3. The fraction of sp³-hybridized carbons (Fsp3) is 0.500. The summed E-state index contributed by atoms with van der Waals surface area (Å²) in [6.45, 7) is 9.47. The molecule has 0 saturated carbocycles. The van der Waals surface area contributed by atoms with Gasteiger partial charge in [-0.05, 0) is 45.9 Å². The summed E-state index contributed by atoms with van der Waals surface area (Å²) in [4.78, 5) is 25.3. The van der Waals surface area contributed by atoms with Crippen molar-refractivity contribution in [3.8, 4) is 5.75 Å². The number of ketones is 1. The SMILES string of the molecule is COc1ccc(S(=O)(=O)N2CCN(CC(=O)c3cc(C)n(C(C)C)c3C)CC2)cc1[N+](=O)[O-]. The van der Waals surface area contributed by atoms with E-state index in [2.05, 4.69) is 18.4 Å². The Kier molecular flexibility index (Phi) is 7.25. The highest BCUT2D eigenvalue weighted by atomic mass is 32.2. The summed E-state index contributed by atoms with van der Waals surface area (Å²) in [5.74, 6) is 0.0104. The van der Waals surface area contributed by atoms with Crippen LogP contribution >= 0.6 is 0 Å². The number of sulfonamides is 1. The highest BCUT2D eigenvalue weighted by Crippen LogP contribution is 2.31. The smallest absolute Gasteiger partial charge is 0.312 e. The van der Waals surface area contributed by atoms with Crippen LogP contribution in [0.25, 0.3) is 0 Å². The summed E-state index contributed by atoms with van der Waals surface area (Å²) >= 11 is 0. The van der Waals surface area contributed by atoms with Crippen LogP contribution in [0.15, 0.2) is 29.2 Å². The van der Waals surface area contributed by atoms with E-state index in [9.17, 15) is 23.3 Å². The number of nitro benzene ring substituents is 1. The maximum absolute atomic E-state index is 13.0. The molecule has 0 unspecified atom stereocenters. The van der Waals surface area contributed by atoms with Crippen molar-refractivity contribution in [2.45, 2.75) is 38.6 Å². The number of benzene rings is 1. The number of Topliss-reactive ketones (excluding diaryl/α,β-unsaturated/α-hetero) is 1. The number of aryl methyl sites for hydroxylation is 1. The molecule has 2 heterocycles. The van der Waals surface area contributed by atoms with Gasteiger partial charge < -0.3 is 9.30 Å². The van der Waals surface area contributed by atoms with E-state index in [1.165, 1.54) is 23.5 Å². The predicted molar refractivity (Wildman–Crippen MR) is 123 cm³/mol. The van der Waals surface area contributed by atoms with E-state index < -0.39 is 20.6 Å². The van der Waals surface area contributed by atoms with Gasteiger partial charge in [-0.3, -0.25) is 19.8 Å². The van der Waals surface area contributed by atoms with Crippen LogP contribution in [0.1, 0.15) is 41.6 Å². The molecule has 1 aliphatic rings. The molecule has 0 bridgehead atoms. The third-order valence-corrected chi connectivity index (χ3v) is 7.88. The number of nitrogens with zero attached hydrogens (tertiary/aromatic N) is 4. The zero-order valence-electron chi connectivity index (χ0n) is 19.6. The fourth-order valence-corrected chi connectivity index (χ4v) is 5.83. The molecule has 1 aromatic carbocycles. The lowest BCUT2D eigenvalue weighted by atomic mass is 10.1. The Labute approximate surface area is 193 Å². The number of hydrogen-bond acceptors (Lipinski definition) is 7. The molecule has 1 saturated heterocycles. The number of carbonyl (C=O) groups is 1. The second kappa shape index (κ2) is 9.62. The van der Waals surface area contributed by atoms with Gasteiger partial charge in [0.2, 0.25) is 10.0 Å². The maximum Gasteiger partial charge on any atom is 0.312 e. The first-order valence-corrected chi connectivity index (χ1v) is 12.2. The summed E-state index contributed by atoms with van der Waals surface area (Å²) in [6.07, 6.45) is 0. The van der Waals surface area contributed by atoms with Crippen molar-refractivity contribution in [2.75, 3.05) is 39.8 Å². The Morgan fingerprint density at radius 2 is 1.79 bits per heavy atom. The Bertz CT molecular complexity index is 1160. The van der Waals surface area contributed by atoms with Crippen LogP contribution in [0.3, 0.4) is 0 Å². The van der Waals surface area contributed by atoms with Crippen LogP contribution in [-0.2, 0) is 10.0 Å². The quantitative estimate of drug-likeness (QED) is 0.325. The predicted octanol–water partition coefficient (Wildman–Crippen LogP) is 2.79. The Balaban J connectivity index is 1.69. The normalized spacial score (nSPS) is 15.7. The third-order valence-electron chi connectivity index (χ3n) is 5.98. The number of rotatable bonds is 8. The van der Waals surface area contributed by atoms with E-state index in [1.54, 1.807) is 0 Å². The monoisotopic (exact) mass is 478 g/mol. The largest absolute Gasteiger partial charge is 0.490 e. The third kappa shape index (κ3) is 4.94. The zero-order valence-corrected chi connectivity index (χ0v) is 20.4. The van der Waals surface area contributed by atoms with Crippen LogP contribution in [-0.4, -0.2) is 72.7 Å². The molecule has 1 aliphatic heterocycles. The lowest BCUT2D eigenvalue weighted by Crippen LogP contribution is -2.49. The topological polar surface area (TPSA) is 115 Å². The van der Waals surface area contributed by atoms with Crippen molar-refractivity contribution in [1.29, 1.82) is 0 Å². The van der Waals surface area contributed by atoms with Gasteiger partial charge in [-0.15, -0.1) is 0 Å². The van der Waals surface area contributed by atoms with Crippen LogP contribution in [0.2, 0.25) is 0 Å². The first kappa shape index (κ1) is 24.9. The van der Waals surface area contributed by atoms with Crippen molar-refractivity contribution < 1.29 is 22.9 Å². The molecule has 0 amide bonds. The molecular formula is C22H30N4O6S. The summed E-state index contributed by atoms with van der Waals surface area (Å²) < 4.78 is 34.4. The minimum atomic E-state index is -3.91. The number of piperazine rings is 1. The number of hydrogen-bond donors (Lipinski definition) is 0. The first-order valence-electron chi connectivity index (χ1n) is 10.7. The van der Waals surface area contributed by atoms with Gasteiger partial charge in [-0.1, -0.05) is 0 Å². The molecule has 1 aromatic heterocycles. The van der Waals surface area contributed by atoms with E-state index in [4.69, 9.17) is 4.74 Å². The molecule has 3 rings (SSSR count). The second-order valence-corrected chi connectivity index (χ2v) is 10.4. The number of methoxy groups -OCH3 is 1. The Hall–Kier alpha value is -2.76. The molecule has 10 nitrogen and oxygen atoms in total. The molecule has 0 spiro atoms. The Morgan fingerprint density at radius 1 is 1.15 bits per heavy atom. The molecule has 0 atom stereocenters. The number of aromatic nitrogens is 1. The highest BCUT2D eigenvalue weighted by molar-refractivity contribution is 7.89. The van der Waals surface area contributed by atoms with Crippen molar-refractivity contribution >= 4 is 21.5 Å². The van der Waals surface area contributed by atoms with Gasteiger partial charge in [0.25, 0.3) is 0 Å². The molecule has 180 valence electrons. The number of carbonyl (C=O) groups excluding carboxylic acids is 1. The molecule has 1 fully saturated rings. The minimum Gasteiger partial charge on any atom is -0.490 e. The average Bonchev–Trinajstić information content (AvgIpc) is 3.07.